The molecule has 0 radical (unpaired) electrons. The first kappa shape index (κ1) is 12.2. The zero-order valence-corrected chi connectivity index (χ0v) is 10.6. The Morgan fingerprint density at radius 1 is 1.24 bits per heavy atom. The second kappa shape index (κ2) is 5.85. The molecule has 0 aliphatic carbocycles. The fraction of sp³-hybridized carbons (Fsp3) is 0.533. The summed E-state index contributed by atoms with van der Waals surface area (Å²) in [6.45, 7) is 2.64. The average molecular weight is 231 g/mol. The van der Waals surface area contributed by atoms with Crippen LogP contribution < -0.4 is 0 Å². The Labute approximate surface area is 104 Å². The summed E-state index contributed by atoms with van der Waals surface area (Å²) in [5, 5.41) is 0. The molecule has 2 nitrogen and oxygen atoms in total. The first-order valence-corrected chi connectivity index (χ1v) is 6.58. The van der Waals surface area contributed by atoms with Gasteiger partial charge in [0.1, 0.15) is 0 Å². The SMILES string of the molecule is CC(=O)N1CCCCCC1Cc1ccccc1. The van der Waals surface area contributed by atoms with E-state index in [4.69, 9.17) is 0 Å². The van der Waals surface area contributed by atoms with Crippen LogP contribution in [0.1, 0.15) is 38.2 Å². The lowest BCUT2D eigenvalue weighted by Gasteiger charge is -2.29. The second-order valence-corrected chi connectivity index (χ2v) is 4.91. The molecule has 2 rings (SSSR count). The van der Waals surface area contributed by atoms with Gasteiger partial charge in [-0.25, -0.2) is 0 Å². The van der Waals surface area contributed by atoms with Gasteiger partial charge in [0.15, 0.2) is 0 Å². The molecule has 1 atom stereocenters. The monoisotopic (exact) mass is 231 g/mol. The van der Waals surface area contributed by atoms with E-state index < -0.39 is 0 Å². The summed E-state index contributed by atoms with van der Waals surface area (Å²) in [7, 11) is 0. The van der Waals surface area contributed by atoms with Crippen molar-refractivity contribution in [3.05, 3.63) is 35.9 Å². The van der Waals surface area contributed by atoms with Crippen molar-refractivity contribution in [2.75, 3.05) is 6.54 Å². The van der Waals surface area contributed by atoms with E-state index in [2.05, 4.69) is 29.2 Å². The molecule has 0 N–H and O–H groups in total. The van der Waals surface area contributed by atoms with Gasteiger partial charge in [0, 0.05) is 19.5 Å². The molecule has 1 fully saturated rings. The molecule has 1 heterocycles. The van der Waals surface area contributed by atoms with E-state index in [-0.39, 0.29) is 5.91 Å². The Balaban J connectivity index is 2.07. The topological polar surface area (TPSA) is 20.3 Å². The van der Waals surface area contributed by atoms with E-state index in [0.717, 1.165) is 25.8 Å². The van der Waals surface area contributed by atoms with E-state index in [1.54, 1.807) is 6.92 Å². The Kier molecular flexibility index (Phi) is 4.18. The van der Waals surface area contributed by atoms with Crippen LogP contribution in [0.25, 0.3) is 0 Å². The Morgan fingerprint density at radius 3 is 2.71 bits per heavy atom. The number of hydrogen-bond donors (Lipinski definition) is 0. The minimum Gasteiger partial charge on any atom is -0.340 e. The Bertz CT molecular complexity index is 360. The first-order valence-electron chi connectivity index (χ1n) is 6.58. The highest BCUT2D eigenvalue weighted by molar-refractivity contribution is 5.73. The van der Waals surface area contributed by atoms with E-state index >= 15 is 0 Å². The number of benzene rings is 1. The number of rotatable bonds is 2. The number of amides is 1. The van der Waals surface area contributed by atoms with Gasteiger partial charge in [-0.1, -0.05) is 43.2 Å². The van der Waals surface area contributed by atoms with E-state index in [1.807, 2.05) is 6.07 Å². The van der Waals surface area contributed by atoms with Crippen molar-refractivity contribution in [2.45, 2.75) is 45.1 Å². The molecule has 1 aliphatic rings. The summed E-state index contributed by atoms with van der Waals surface area (Å²) in [4.78, 5) is 13.7. The molecule has 0 saturated carbocycles. The zero-order valence-electron chi connectivity index (χ0n) is 10.6. The standard InChI is InChI=1S/C15H21NO/c1-13(17)16-11-7-3-6-10-15(16)12-14-8-4-2-5-9-14/h2,4-5,8-9,15H,3,6-7,10-12H2,1H3. The van der Waals surface area contributed by atoms with Crippen LogP contribution in [-0.4, -0.2) is 23.4 Å². The molecule has 1 aromatic rings. The molecule has 0 aromatic heterocycles. The molecule has 1 aliphatic heterocycles. The van der Waals surface area contributed by atoms with Crippen molar-refractivity contribution in [1.82, 2.24) is 4.90 Å². The maximum atomic E-state index is 11.7. The summed E-state index contributed by atoms with van der Waals surface area (Å²) in [6, 6.07) is 10.9. The van der Waals surface area contributed by atoms with Crippen molar-refractivity contribution in [1.29, 1.82) is 0 Å². The van der Waals surface area contributed by atoms with Gasteiger partial charge in [-0.2, -0.15) is 0 Å². The third-order valence-corrected chi connectivity index (χ3v) is 3.60. The van der Waals surface area contributed by atoms with Crippen LogP contribution in [0.4, 0.5) is 0 Å². The summed E-state index contributed by atoms with van der Waals surface area (Å²) < 4.78 is 0. The van der Waals surface area contributed by atoms with Gasteiger partial charge in [0.05, 0.1) is 0 Å². The summed E-state index contributed by atoms with van der Waals surface area (Å²) in [5.41, 5.74) is 1.34. The zero-order chi connectivity index (χ0) is 12.1. The van der Waals surface area contributed by atoms with Crippen molar-refractivity contribution in [3.8, 4) is 0 Å². The van der Waals surface area contributed by atoms with E-state index in [1.165, 1.54) is 18.4 Å². The molecule has 2 heteroatoms. The van der Waals surface area contributed by atoms with Crippen LogP contribution in [-0.2, 0) is 11.2 Å². The molecule has 0 bridgehead atoms. The van der Waals surface area contributed by atoms with Crippen LogP contribution >= 0.6 is 0 Å². The van der Waals surface area contributed by atoms with Gasteiger partial charge < -0.3 is 4.90 Å². The van der Waals surface area contributed by atoms with Crippen molar-refractivity contribution >= 4 is 5.91 Å². The summed E-state index contributed by atoms with van der Waals surface area (Å²) >= 11 is 0. The number of nitrogens with zero attached hydrogens (tertiary/aromatic N) is 1. The fourth-order valence-corrected chi connectivity index (χ4v) is 2.69. The van der Waals surface area contributed by atoms with Gasteiger partial charge in [-0.3, -0.25) is 4.79 Å². The minimum absolute atomic E-state index is 0.229. The maximum Gasteiger partial charge on any atom is 0.219 e. The molecule has 1 amide bonds. The highest BCUT2D eigenvalue weighted by atomic mass is 16.2. The molecule has 17 heavy (non-hydrogen) atoms. The number of carbonyl (C=O) groups excluding carboxylic acids is 1. The number of likely N-dealkylation sites (tertiary alicyclic amines) is 1. The average Bonchev–Trinajstić information content (AvgIpc) is 2.56. The normalized spacial score (nSPS) is 21.0. The summed E-state index contributed by atoms with van der Waals surface area (Å²) in [6.07, 6.45) is 5.82. The van der Waals surface area contributed by atoms with Gasteiger partial charge >= 0.3 is 0 Å². The quantitative estimate of drug-likeness (QED) is 0.766. The van der Waals surface area contributed by atoms with Crippen molar-refractivity contribution in [2.24, 2.45) is 0 Å². The molecule has 1 unspecified atom stereocenters. The van der Waals surface area contributed by atoms with Gasteiger partial charge in [-0.15, -0.1) is 0 Å². The molecular weight excluding hydrogens is 210 g/mol. The lowest BCUT2D eigenvalue weighted by Crippen LogP contribution is -2.39. The van der Waals surface area contributed by atoms with Crippen LogP contribution in [0.3, 0.4) is 0 Å². The van der Waals surface area contributed by atoms with Gasteiger partial charge in [-0.05, 0) is 24.8 Å². The van der Waals surface area contributed by atoms with E-state index in [0.29, 0.717) is 6.04 Å². The number of carbonyl (C=O) groups is 1. The minimum atomic E-state index is 0.229. The van der Waals surface area contributed by atoms with Crippen LogP contribution in [0, 0.1) is 0 Å². The highest BCUT2D eigenvalue weighted by Crippen LogP contribution is 2.20. The van der Waals surface area contributed by atoms with E-state index in [9.17, 15) is 4.79 Å². The Hall–Kier alpha value is -1.31. The van der Waals surface area contributed by atoms with Gasteiger partial charge in [0.2, 0.25) is 5.91 Å². The van der Waals surface area contributed by atoms with Crippen LogP contribution in [0.15, 0.2) is 30.3 Å². The largest absolute Gasteiger partial charge is 0.340 e. The first-order chi connectivity index (χ1) is 8.27. The predicted octanol–water partition coefficient (Wildman–Crippen LogP) is 3.02. The lowest BCUT2D eigenvalue weighted by atomic mass is 10.0. The predicted molar refractivity (Wildman–Crippen MR) is 69.8 cm³/mol. The molecule has 1 aromatic carbocycles. The molecule has 0 spiro atoms. The second-order valence-electron chi connectivity index (χ2n) is 4.91. The third-order valence-electron chi connectivity index (χ3n) is 3.60. The third kappa shape index (κ3) is 3.32. The smallest absolute Gasteiger partial charge is 0.219 e. The fourth-order valence-electron chi connectivity index (χ4n) is 2.69. The van der Waals surface area contributed by atoms with Crippen LogP contribution in [0.5, 0.6) is 0 Å². The van der Waals surface area contributed by atoms with Crippen LogP contribution in [0.2, 0.25) is 0 Å². The molecule has 1 saturated heterocycles. The Morgan fingerprint density at radius 2 is 2.00 bits per heavy atom. The highest BCUT2D eigenvalue weighted by Gasteiger charge is 2.22. The van der Waals surface area contributed by atoms with Crippen molar-refractivity contribution < 1.29 is 4.79 Å². The lowest BCUT2D eigenvalue weighted by molar-refractivity contribution is -0.131. The maximum absolute atomic E-state index is 11.7. The van der Waals surface area contributed by atoms with Crippen molar-refractivity contribution in [3.63, 3.8) is 0 Å². The summed E-state index contributed by atoms with van der Waals surface area (Å²) in [5.74, 6) is 0.229. The number of hydrogen-bond acceptors (Lipinski definition) is 1. The van der Waals surface area contributed by atoms with Gasteiger partial charge in [0.25, 0.3) is 0 Å². The molecular formula is C15H21NO. The molecule has 92 valence electrons.